The largest absolute Gasteiger partial charge is 0.388 e. The molecule has 4 heteroatoms. The van der Waals surface area contributed by atoms with Gasteiger partial charge in [0.2, 0.25) is 5.91 Å². The number of anilines is 1. The molecule has 0 saturated carbocycles. The van der Waals surface area contributed by atoms with Crippen LogP contribution in [0.15, 0.2) is 24.3 Å². The monoisotopic (exact) mass is 262 g/mol. The zero-order valence-electron chi connectivity index (χ0n) is 11.4. The molecule has 2 rings (SSSR count). The zero-order chi connectivity index (χ0) is 13.8. The highest BCUT2D eigenvalue weighted by Gasteiger charge is 2.29. The van der Waals surface area contributed by atoms with Crippen LogP contribution < -0.4 is 10.6 Å². The fourth-order valence-corrected chi connectivity index (χ4v) is 2.77. The number of benzene rings is 1. The van der Waals surface area contributed by atoms with E-state index in [4.69, 9.17) is 5.73 Å². The Labute approximate surface area is 114 Å². The average molecular weight is 262 g/mol. The Balaban J connectivity index is 2.36. The molecule has 2 atom stereocenters. The lowest BCUT2D eigenvalue weighted by Gasteiger charge is -2.37. The van der Waals surface area contributed by atoms with Gasteiger partial charge in [0.25, 0.3) is 0 Å². The van der Waals surface area contributed by atoms with Crippen molar-refractivity contribution in [1.82, 2.24) is 0 Å². The number of aliphatic hydroxyl groups is 1. The molecule has 1 aliphatic rings. The van der Waals surface area contributed by atoms with E-state index < -0.39 is 6.10 Å². The topological polar surface area (TPSA) is 66.6 Å². The summed E-state index contributed by atoms with van der Waals surface area (Å²) in [6.45, 7) is 2.77. The van der Waals surface area contributed by atoms with E-state index in [0.717, 1.165) is 37.1 Å². The second-order valence-corrected chi connectivity index (χ2v) is 5.09. The van der Waals surface area contributed by atoms with E-state index in [9.17, 15) is 9.90 Å². The summed E-state index contributed by atoms with van der Waals surface area (Å²) in [4.78, 5) is 13.7. The Morgan fingerprint density at radius 1 is 1.47 bits per heavy atom. The average Bonchev–Trinajstić information content (AvgIpc) is 2.46. The van der Waals surface area contributed by atoms with Crippen molar-refractivity contribution in [1.29, 1.82) is 0 Å². The van der Waals surface area contributed by atoms with Crippen molar-refractivity contribution < 1.29 is 9.90 Å². The number of para-hydroxylation sites is 1. The molecule has 1 aliphatic heterocycles. The molecule has 1 aromatic rings. The molecule has 0 aromatic heterocycles. The number of primary amides is 1. The van der Waals surface area contributed by atoms with Gasteiger partial charge in [0.05, 0.1) is 6.10 Å². The summed E-state index contributed by atoms with van der Waals surface area (Å²) < 4.78 is 0. The quantitative estimate of drug-likeness (QED) is 0.872. The molecule has 1 fully saturated rings. The van der Waals surface area contributed by atoms with Gasteiger partial charge >= 0.3 is 0 Å². The minimum atomic E-state index is -0.494. The molecule has 0 radical (unpaired) electrons. The lowest BCUT2D eigenvalue weighted by molar-refractivity contribution is -0.119. The van der Waals surface area contributed by atoms with Gasteiger partial charge in [-0.05, 0) is 31.7 Å². The molecular weight excluding hydrogens is 240 g/mol. The van der Waals surface area contributed by atoms with Gasteiger partial charge < -0.3 is 15.7 Å². The van der Waals surface area contributed by atoms with E-state index in [1.165, 1.54) is 0 Å². The SMILES string of the molecule is CCC(O)c1ccccc1N1CCCCC1C(N)=O. The van der Waals surface area contributed by atoms with Crippen molar-refractivity contribution in [3.63, 3.8) is 0 Å². The van der Waals surface area contributed by atoms with Crippen molar-refractivity contribution in [3.8, 4) is 0 Å². The second kappa shape index (κ2) is 6.06. The third-order valence-corrected chi connectivity index (χ3v) is 3.82. The summed E-state index contributed by atoms with van der Waals surface area (Å²) in [7, 11) is 0. The smallest absolute Gasteiger partial charge is 0.240 e. The van der Waals surface area contributed by atoms with E-state index in [1.807, 2.05) is 31.2 Å². The minimum absolute atomic E-state index is 0.251. The fourth-order valence-electron chi connectivity index (χ4n) is 2.77. The van der Waals surface area contributed by atoms with E-state index in [2.05, 4.69) is 4.90 Å². The standard InChI is InChI=1S/C15H22N2O2/c1-2-14(18)11-7-3-4-8-12(11)17-10-6-5-9-13(17)15(16)19/h3-4,7-8,13-14,18H,2,5-6,9-10H2,1H3,(H2,16,19). The number of carbonyl (C=O) groups is 1. The molecule has 4 nitrogen and oxygen atoms in total. The normalized spacial score (nSPS) is 21.2. The van der Waals surface area contributed by atoms with Gasteiger partial charge in [-0.1, -0.05) is 25.1 Å². The van der Waals surface area contributed by atoms with Crippen LogP contribution in [0.2, 0.25) is 0 Å². The number of rotatable bonds is 4. The maximum atomic E-state index is 11.6. The maximum Gasteiger partial charge on any atom is 0.240 e. The van der Waals surface area contributed by atoms with Crippen molar-refractivity contribution in [2.75, 3.05) is 11.4 Å². The molecule has 104 valence electrons. The van der Waals surface area contributed by atoms with Crippen LogP contribution in [0, 0.1) is 0 Å². The second-order valence-electron chi connectivity index (χ2n) is 5.09. The van der Waals surface area contributed by atoms with Crippen LogP contribution in [0.3, 0.4) is 0 Å². The Hall–Kier alpha value is -1.55. The van der Waals surface area contributed by atoms with E-state index in [-0.39, 0.29) is 11.9 Å². The zero-order valence-corrected chi connectivity index (χ0v) is 11.4. The van der Waals surface area contributed by atoms with Gasteiger partial charge in [-0.2, -0.15) is 0 Å². The Morgan fingerprint density at radius 2 is 2.21 bits per heavy atom. The van der Waals surface area contributed by atoms with Crippen molar-refractivity contribution in [2.24, 2.45) is 5.73 Å². The number of nitrogens with zero attached hydrogens (tertiary/aromatic N) is 1. The number of hydrogen-bond acceptors (Lipinski definition) is 3. The number of carbonyl (C=O) groups excluding carboxylic acids is 1. The number of aliphatic hydroxyl groups excluding tert-OH is 1. The van der Waals surface area contributed by atoms with Crippen LogP contribution in [0.25, 0.3) is 0 Å². The van der Waals surface area contributed by atoms with Gasteiger partial charge in [-0.15, -0.1) is 0 Å². The van der Waals surface area contributed by atoms with Crippen LogP contribution in [0.5, 0.6) is 0 Å². The highest BCUT2D eigenvalue weighted by atomic mass is 16.3. The maximum absolute atomic E-state index is 11.6. The summed E-state index contributed by atoms with van der Waals surface area (Å²) in [6.07, 6.45) is 3.05. The first-order valence-electron chi connectivity index (χ1n) is 6.98. The molecule has 1 aromatic carbocycles. The summed E-state index contributed by atoms with van der Waals surface area (Å²) >= 11 is 0. The van der Waals surface area contributed by atoms with Gasteiger partial charge in [-0.3, -0.25) is 4.79 Å². The van der Waals surface area contributed by atoms with Crippen molar-refractivity contribution in [3.05, 3.63) is 29.8 Å². The van der Waals surface area contributed by atoms with Crippen LogP contribution in [-0.4, -0.2) is 23.6 Å². The Kier molecular flexibility index (Phi) is 4.43. The van der Waals surface area contributed by atoms with Crippen LogP contribution >= 0.6 is 0 Å². The highest BCUT2D eigenvalue weighted by Crippen LogP contribution is 2.32. The number of piperidine rings is 1. The first-order valence-corrected chi connectivity index (χ1v) is 6.98. The van der Waals surface area contributed by atoms with E-state index in [1.54, 1.807) is 0 Å². The van der Waals surface area contributed by atoms with Gasteiger partial charge in [0.15, 0.2) is 0 Å². The van der Waals surface area contributed by atoms with Crippen LogP contribution in [-0.2, 0) is 4.79 Å². The molecule has 19 heavy (non-hydrogen) atoms. The molecule has 0 bridgehead atoms. The molecule has 0 spiro atoms. The summed E-state index contributed by atoms with van der Waals surface area (Å²) in [5.41, 5.74) is 7.34. The first kappa shape index (κ1) is 13.9. The minimum Gasteiger partial charge on any atom is -0.388 e. The Bertz CT molecular complexity index is 448. The highest BCUT2D eigenvalue weighted by molar-refractivity contribution is 5.84. The third kappa shape index (κ3) is 2.89. The van der Waals surface area contributed by atoms with Gasteiger partial charge in [0.1, 0.15) is 6.04 Å². The molecular formula is C15H22N2O2. The van der Waals surface area contributed by atoms with Crippen molar-refractivity contribution in [2.45, 2.75) is 44.8 Å². The first-order chi connectivity index (χ1) is 9.15. The molecule has 1 heterocycles. The lowest BCUT2D eigenvalue weighted by atomic mass is 9.97. The predicted molar refractivity (Wildman–Crippen MR) is 75.9 cm³/mol. The number of hydrogen-bond donors (Lipinski definition) is 2. The van der Waals surface area contributed by atoms with Crippen LogP contribution in [0.4, 0.5) is 5.69 Å². The number of amides is 1. The molecule has 3 N–H and O–H groups in total. The van der Waals surface area contributed by atoms with Crippen molar-refractivity contribution >= 4 is 11.6 Å². The Morgan fingerprint density at radius 3 is 2.89 bits per heavy atom. The summed E-state index contributed by atoms with van der Waals surface area (Å²) in [5.74, 6) is -0.277. The predicted octanol–water partition coefficient (Wildman–Crippen LogP) is 1.97. The summed E-state index contributed by atoms with van der Waals surface area (Å²) in [6, 6.07) is 7.50. The summed E-state index contributed by atoms with van der Waals surface area (Å²) in [5, 5.41) is 10.1. The molecule has 1 saturated heterocycles. The number of nitrogens with two attached hydrogens (primary N) is 1. The van der Waals surface area contributed by atoms with E-state index in [0.29, 0.717) is 6.42 Å². The van der Waals surface area contributed by atoms with E-state index >= 15 is 0 Å². The fraction of sp³-hybridized carbons (Fsp3) is 0.533. The van der Waals surface area contributed by atoms with Gasteiger partial charge in [0, 0.05) is 17.8 Å². The third-order valence-electron chi connectivity index (χ3n) is 3.82. The molecule has 2 unspecified atom stereocenters. The molecule has 1 amide bonds. The molecule has 0 aliphatic carbocycles. The van der Waals surface area contributed by atoms with Gasteiger partial charge in [-0.25, -0.2) is 0 Å². The lowest BCUT2D eigenvalue weighted by Crippen LogP contribution is -2.48. The van der Waals surface area contributed by atoms with Crippen LogP contribution in [0.1, 0.15) is 44.3 Å².